The van der Waals surface area contributed by atoms with Crippen molar-refractivity contribution in [1.82, 2.24) is 20.2 Å². The molecule has 2 aliphatic heterocycles. The number of carbonyl (C=O) groups excluding carboxylic acids is 2. The van der Waals surface area contributed by atoms with Gasteiger partial charge in [0.25, 0.3) is 0 Å². The minimum atomic E-state index is -0.355. The fourth-order valence-corrected chi connectivity index (χ4v) is 2.94. The van der Waals surface area contributed by atoms with Crippen LogP contribution in [0.25, 0.3) is 0 Å². The van der Waals surface area contributed by atoms with E-state index >= 15 is 0 Å². The molecular weight excluding hydrogens is 298 g/mol. The third-order valence-corrected chi connectivity index (χ3v) is 4.23. The first-order valence-corrected chi connectivity index (χ1v) is 7.86. The average molecular weight is 319 g/mol. The number of nitrogens with one attached hydrogen (secondary N) is 1. The van der Waals surface area contributed by atoms with Gasteiger partial charge in [-0.25, -0.2) is 9.97 Å². The zero-order valence-corrected chi connectivity index (χ0v) is 13.2. The number of amides is 2. The molecule has 1 aromatic rings. The fraction of sp³-hybridized carbons (Fsp3) is 0.600. The lowest BCUT2D eigenvalue weighted by atomic mass is 10.2. The molecule has 8 nitrogen and oxygen atoms in total. The van der Waals surface area contributed by atoms with Crippen molar-refractivity contribution in [3.63, 3.8) is 0 Å². The maximum Gasteiger partial charge on any atom is 0.245 e. The zero-order valence-electron chi connectivity index (χ0n) is 13.2. The molecule has 1 N–H and O–H groups in total. The highest BCUT2D eigenvalue weighted by Crippen LogP contribution is 2.16. The first-order valence-electron chi connectivity index (χ1n) is 7.86. The van der Waals surface area contributed by atoms with Crippen molar-refractivity contribution in [2.45, 2.75) is 25.3 Å². The molecule has 0 radical (unpaired) electrons. The second-order valence-corrected chi connectivity index (χ2v) is 5.75. The molecule has 8 heteroatoms. The second-order valence-electron chi connectivity index (χ2n) is 5.75. The lowest BCUT2D eigenvalue weighted by Crippen LogP contribution is -2.45. The van der Waals surface area contributed by atoms with Gasteiger partial charge >= 0.3 is 0 Å². The summed E-state index contributed by atoms with van der Waals surface area (Å²) in [7, 11) is 1.58. The topological polar surface area (TPSA) is 87.7 Å². The number of carbonyl (C=O) groups is 2. The number of ether oxygens (including phenoxy) is 1. The quantitative estimate of drug-likeness (QED) is 0.830. The Morgan fingerprint density at radius 3 is 2.70 bits per heavy atom. The van der Waals surface area contributed by atoms with E-state index in [2.05, 4.69) is 20.2 Å². The van der Waals surface area contributed by atoms with Crippen molar-refractivity contribution in [3.05, 3.63) is 12.4 Å². The molecule has 1 aromatic heterocycles. The van der Waals surface area contributed by atoms with Gasteiger partial charge in [0.05, 0.1) is 19.5 Å². The van der Waals surface area contributed by atoms with E-state index in [0.717, 1.165) is 13.0 Å². The normalized spacial score (nSPS) is 21.8. The fourth-order valence-electron chi connectivity index (χ4n) is 2.94. The van der Waals surface area contributed by atoms with Crippen molar-refractivity contribution in [3.8, 4) is 5.75 Å². The van der Waals surface area contributed by atoms with Gasteiger partial charge < -0.3 is 19.9 Å². The molecule has 2 saturated heterocycles. The van der Waals surface area contributed by atoms with Crippen LogP contribution in [0.3, 0.4) is 0 Å². The van der Waals surface area contributed by atoms with Crippen LogP contribution in [0, 0.1) is 0 Å². The summed E-state index contributed by atoms with van der Waals surface area (Å²) in [5.74, 6) is 1.26. The number of anilines is 1. The number of methoxy groups -OCH3 is 1. The minimum absolute atomic E-state index is 0.0216. The van der Waals surface area contributed by atoms with Crippen molar-refractivity contribution in [1.29, 1.82) is 0 Å². The summed E-state index contributed by atoms with van der Waals surface area (Å²) >= 11 is 0. The lowest BCUT2D eigenvalue weighted by Gasteiger charge is -2.24. The van der Waals surface area contributed by atoms with Crippen molar-refractivity contribution < 1.29 is 14.3 Å². The number of hydrogen-bond acceptors (Lipinski definition) is 6. The molecule has 0 bridgehead atoms. The Morgan fingerprint density at radius 2 is 2.04 bits per heavy atom. The maximum atomic E-state index is 12.5. The Hall–Kier alpha value is -2.38. The molecular formula is C15H21N5O3. The Balaban J connectivity index is 1.60. The number of aromatic nitrogens is 2. The van der Waals surface area contributed by atoms with Crippen LogP contribution < -0.4 is 15.0 Å². The Morgan fingerprint density at radius 1 is 1.26 bits per heavy atom. The minimum Gasteiger partial charge on any atom is -0.494 e. The molecule has 23 heavy (non-hydrogen) atoms. The van der Waals surface area contributed by atoms with E-state index in [9.17, 15) is 9.59 Å². The van der Waals surface area contributed by atoms with E-state index in [0.29, 0.717) is 44.2 Å². The van der Waals surface area contributed by atoms with Gasteiger partial charge in [-0.3, -0.25) is 9.59 Å². The molecule has 0 spiro atoms. The van der Waals surface area contributed by atoms with Crippen LogP contribution in [0.5, 0.6) is 5.75 Å². The SMILES string of the molecule is COc1cnc(N2CCCN(C(=O)C3CCC(=O)N3)CC2)nc1. The molecule has 3 rings (SSSR count). The molecule has 124 valence electrons. The van der Waals surface area contributed by atoms with Gasteiger partial charge in [0.15, 0.2) is 5.75 Å². The number of hydrogen-bond donors (Lipinski definition) is 1. The number of rotatable bonds is 3. The van der Waals surface area contributed by atoms with Crippen LogP contribution in [-0.4, -0.2) is 66.0 Å². The van der Waals surface area contributed by atoms with Crippen molar-refractivity contribution >= 4 is 17.8 Å². The highest BCUT2D eigenvalue weighted by atomic mass is 16.5. The molecule has 0 aliphatic carbocycles. The van der Waals surface area contributed by atoms with Crippen LogP contribution in [0.4, 0.5) is 5.95 Å². The van der Waals surface area contributed by atoms with Gasteiger partial charge in [-0.15, -0.1) is 0 Å². The molecule has 0 saturated carbocycles. The summed E-state index contributed by atoms with van der Waals surface area (Å²) in [6.45, 7) is 2.78. The zero-order chi connectivity index (χ0) is 16.2. The predicted molar refractivity (Wildman–Crippen MR) is 83.2 cm³/mol. The molecule has 1 atom stereocenters. The molecule has 1 unspecified atom stereocenters. The third kappa shape index (κ3) is 3.52. The van der Waals surface area contributed by atoms with E-state index in [4.69, 9.17) is 4.74 Å². The van der Waals surface area contributed by atoms with E-state index in [-0.39, 0.29) is 17.9 Å². The van der Waals surface area contributed by atoms with Crippen molar-refractivity contribution in [2.75, 3.05) is 38.2 Å². The predicted octanol–water partition coefficient (Wildman–Crippen LogP) is -0.197. The third-order valence-electron chi connectivity index (χ3n) is 4.23. The maximum absolute atomic E-state index is 12.5. The van der Waals surface area contributed by atoms with Crippen LogP contribution in [-0.2, 0) is 9.59 Å². The van der Waals surface area contributed by atoms with Gasteiger partial charge in [0, 0.05) is 32.6 Å². The van der Waals surface area contributed by atoms with E-state index in [1.807, 2.05) is 4.90 Å². The van der Waals surface area contributed by atoms with Crippen LogP contribution in [0.2, 0.25) is 0 Å². The van der Waals surface area contributed by atoms with Gasteiger partial charge in [0.1, 0.15) is 6.04 Å². The van der Waals surface area contributed by atoms with E-state index < -0.39 is 0 Å². The molecule has 3 heterocycles. The molecule has 2 fully saturated rings. The van der Waals surface area contributed by atoms with Crippen LogP contribution in [0.15, 0.2) is 12.4 Å². The summed E-state index contributed by atoms with van der Waals surface area (Å²) < 4.78 is 5.06. The first-order chi connectivity index (χ1) is 11.2. The highest BCUT2D eigenvalue weighted by Gasteiger charge is 2.31. The monoisotopic (exact) mass is 319 g/mol. The van der Waals surface area contributed by atoms with Crippen LogP contribution >= 0.6 is 0 Å². The first kappa shape index (κ1) is 15.5. The largest absolute Gasteiger partial charge is 0.494 e. The Kier molecular flexibility index (Phi) is 4.59. The summed E-state index contributed by atoms with van der Waals surface area (Å²) in [5.41, 5.74) is 0. The molecule has 2 aliphatic rings. The number of nitrogens with zero attached hydrogens (tertiary/aromatic N) is 4. The van der Waals surface area contributed by atoms with Gasteiger partial charge in [-0.05, 0) is 12.8 Å². The standard InChI is InChI=1S/C15H21N5O3/c1-23-11-9-16-15(17-10-11)20-6-2-5-19(7-8-20)14(22)12-3-4-13(21)18-12/h9-10,12H,2-8H2,1H3,(H,18,21). The van der Waals surface area contributed by atoms with Crippen molar-refractivity contribution in [2.24, 2.45) is 0 Å². The van der Waals surface area contributed by atoms with Gasteiger partial charge in [-0.2, -0.15) is 0 Å². The second kappa shape index (κ2) is 6.80. The lowest BCUT2D eigenvalue weighted by molar-refractivity contribution is -0.134. The summed E-state index contributed by atoms with van der Waals surface area (Å²) in [5, 5.41) is 2.74. The molecule has 2 amide bonds. The molecule has 0 aromatic carbocycles. The smallest absolute Gasteiger partial charge is 0.245 e. The van der Waals surface area contributed by atoms with E-state index in [1.54, 1.807) is 19.5 Å². The van der Waals surface area contributed by atoms with Crippen LogP contribution in [0.1, 0.15) is 19.3 Å². The Labute approximate surface area is 134 Å². The van der Waals surface area contributed by atoms with Gasteiger partial charge in [0.2, 0.25) is 17.8 Å². The van der Waals surface area contributed by atoms with Gasteiger partial charge in [-0.1, -0.05) is 0 Å². The average Bonchev–Trinajstić information content (AvgIpc) is 2.87. The highest BCUT2D eigenvalue weighted by molar-refractivity contribution is 5.90. The summed E-state index contributed by atoms with van der Waals surface area (Å²) in [4.78, 5) is 36.3. The summed E-state index contributed by atoms with van der Waals surface area (Å²) in [6.07, 6.45) is 5.17. The van der Waals surface area contributed by atoms with E-state index in [1.165, 1.54) is 0 Å². The summed E-state index contributed by atoms with van der Waals surface area (Å²) in [6, 6.07) is -0.355. The Bertz CT molecular complexity index is 577.